The molecule has 0 radical (unpaired) electrons. The fourth-order valence-electron chi connectivity index (χ4n) is 1.48. The first-order valence-electron chi connectivity index (χ1n) is 5.40. The van der Waals surface area contributed by atoms with E-state index in [0.717, 1.165) is 7.05 Å². The van der Waals surface area contributed by atoms with Crippen LogP contribution in [0.15, 0.2) is 24.3 Å². The molecule has 7 heteroatoms. The van der Waals surface area contributed by atoms with Crippen molar-refractivity contribution in [3.63, 3.8) is 0 Å². The minimum absolute atomic E-state index is 0.133. The lowest BCUT2D eigenvalue weighted by Gasteiger charge is -2.18. The van der Waals surface area contributed by atoms with Gasteiger partial charge in [-0.1, -0.05) is 24.3 Å². The number of rotatable bonds is 4. The lowest BCUT2D eigenvalue weighted by Crippen LogP contribution is -2.37. The van der Waals surface area contributed by atoms with Crippen molar-refractivity contribution in [2.75, 3.05) is 13.6 Å². The van der Waals surface area contributed by atoms with Crippen LogP contribution in [0.3, 0.4) is 0 Å². The monoisotopic (exact) mass is 274 g/mol. The molecule has 1 aromatic rings. The van der Waals surface area contributed by atoms with Crippen molar-refractivity contribution in [1.82, 2.24) is 4.90 Å². The molecule has 2 N–H and O–H groups in total. The maximum absolute atomic E-state index is 12.2. The van der Waals surface area contributed by atoms with Crippen LogP contribution in [-0.4, -0.2) is 36.4 Å². The highest BCUT2D eigenvalue weighted by molar-refractivity contribution is 5.97. The number of benzene rings is 1. The van der Waals surface area contributed by atoms with Crippen molar-refractivity contribution in [2.45, 2.75) is 12.7 Å². The first-order chi connectivity index (χ1) is 8.75. The summed E-state index contributed by atoms with van der Waals surface area (Å²) in [6.07, 6.45) is -4.88. The van der Waals surface area contributed by atoms with Gasteiger partial charge in [0.1, 0.15) is 0 Å². The summed E-state index contributed by atoms with van der Waals surface area (Å²) >= 11 is 0. The molecule has 0 aliphatic carbocycles. The highest BCUT2D eigenvalue weighted by atomic mass is 19.4. The van der Waals surface area contributed by atoms with E-state index < -0.39 is 12.1 Å². The van der Waals surface area contributed by atoms with Crippen LogP contribution in [0.1, 0.15) is 15.9 Å². The number of nitrogens with two attached hydrogens (primary N) is 1. The molecule has 1 aromatic carbocycles. The molecule has 4 nitrogen and oxygen atoms in total. The van der Waals surface area contributed by atoms with Crippen LogP contribution in [0, 0.1) is 0 Å². The van der Waals surface area contributed by atoms with Gasteiger partial charge in [0.25, 0.3) is 0 Å². The smallest absolute Gasteiger partial charge is 0.334 e. The topological polar surface area (TPSA) is 63.4 Å². The van der Waals surface area contributed by atoms with Crippen molar-refractivity contribution >= 4 is 11.7 Å². The summed E-state index contributed by atoms with van der Waals surface area (Å²) in [5.41, 5.74) is 6.06. The maximum Gasteiger partial charge on any atom is 0.471 e. The number of hydrogen-bond donors (Lipinski definition) is 1. The van der Waals surface area contributed by atoms with Crippen LogP contribution in [0.2, 0.25) is 0 Å². The predicted octanol–water partition coefficient (Wildman–Crippen LogP) is 1.35. The Morgan fingerprint density at radius 2 is 1.74 bits per heavy atom. The zero-order valence-electron chi connectivity index (χ0n) is 10.2. The van der Waals surface area contributed by atoms with Crippen LogP contribution in [0.5, 0.6) is 0 Å². The van der Waals surface area contributed by atoms with Gasteiger partial charge in [-0.15, -0.1) is 0 Å². The van der Waals surface area contributed by atoms with E-state index in [1.807, 2.05) is 0 Å². The third kappa shape index (κ3) is 4.06. The highest BCUT2D eigenvalue weighted by Crippen LogP contribution is 2.19. The lowest BCUT2D eigenvalue weighted by atomic mass is 10.1. The van der Waals surface area contributed by atoms with Gasteiger partial charge < -0.3 is 10.6 Å². The van der Waals surface area contributed by atoms with Crippen LogP contribution in [0.25, 0.3) is 0 Å². The third-order valence-corrected chi connectivity index (χ3v) is 2.47. The van der Waals surface area contributed by atoms with Crippen molar-refractivity contribution in [3.05, 3.63) is 35.4 Å². The van der Waals surface area contributed by atoms with Gasteiger partial charge >= 0.3 is 12.1 Å². The van der Waals surface area contributed by atoms with Crippen LogP contribution >= 0.6 is 0 Å². The molecular weight excluding hydrogens is 261 g/mol. The Morgan fingerprint density at radius 3 is 2.16 bits per heavy atom. The van der Waals surface area contributed by atoms with Gasteiger partial charge in [-0.3, -0.25) is 9.59 Å². The number of carbonyl (C=O) groups is 2. The molecular formula is C12H13F3N2O2. The summed E-state index contributed by atoms with van der Waals surface area (Å²) < 4.78 is 36.5. The Morgan fingerprint density at radius 1 is 1.21 bits per heavy atom. The summed E-state index contributed by atoms with van der Waals surface area (Å²) in [5.74, 6) is -2.17. The fourth-order valence-corrected chi connectivity index (χ4v) is 1.48. The molecule has 0 spiro atoms. The SMILES string of the molecule is CN(Cc1ccc(C(=O)CN)cc1)C(=O)C(F)(F)F. The second kappa shape index (κ2) is 5.83. The number of carbonyl (C=O) groups excluding carboxylic acids is 2. The summed E-state index contributed by atoms with van der Waals surface area (Å²) in [6.45, 7) is -0.318. The Kier molecular flexibility index (Phi) is 4.66. The zero-order valence-corrected chi connectivity index (χ0v) is 10.2. The van der Waals surface area contributed by atoms with E-state index in [9.17, 15) is 22.8 Å². The Labute approximate surface area is 108 Å². The maximum atomic E-state index is 12.2. The molecule has 0 fully saturated rings. The number of ketones is 1. The molecule has 0 unspecified atom stereocenters. The predicted molar refractivity (Wildman–Crippen MR) is 62.4 cm³/mol. The Hall–Kier alpha value is -1.89. The number of halogens is 3. The molecule has 0 saturated heterocycles. The minimum atomic E-state index is -4.88. The van der Waals surface area contributed by atoms with Crippen molar-refractivity contribution in [3.8, 4) is 0 Å². The van der Waals surface area contributed by atoms with E-state index in [0.29, 0.717) is 16.0 Å². The molecule has 104 valence electrons. The average molecular weight is 274 g/mol. The van der Waals surface area contributed by atoms with E-state index in [2.05, 4.69) is 0 Å². The highest BCUT2D eigenvalue weighted by Gasteiger charge is 2.41. The lowest BCUT2D eigenvalue weighted by molar-refractivity contribution is -0.184. The minimum Gasteiger partial charge on any atom is -0.334 e. The van der Waals surface area contributed by atoms with Gasteiger partial charge in [0.2, 0.25) is 0 Å². The molecule has 0 atom stereocenters. The van der Waals surface area contributed by atoms with E-state index in [1.165, 1.54) is 24.3 Å². The molecule has 0 aliphatic heterocycles. The molecule has 0 aliphatic rings. The Balaban J connectivity index is 2.73. The van der Waals surface area contributed by atoms with Crippen LogP contribution in [0.4, 0.5) is 13.2 Å². The number of Topliss-reactive ketones (excluding diaryl/α,β-unsaturated/α-hetero) is 1. The summed E-state index contributed by atoms with van der Waals surface area (Å²) in [6, 6.07) is 5.92. The molecule has 1 amide bonds. The van der Waals surface area contributed by atoms with Gasteiger partial charge in [-0.25, -0.2) is 0 Å². The van der Waals surface area contributed by atoms with Gasteiger partial charge in [0.05, 0.1) is 6.54 Å². The molecule has 0 heterocycles. The summed E-state index contributed by atoms with van der Waals surface area (Å²) in [7, 11) is 1.06. The molecule has 1 rings (SSSR count). The van der Waals surface area contributed by atoms with Gasteiger partial charge in [-0.2, -0.15) is 13.2 Å². The van der Waals surface area contributed by atoms with E-state index in [4.69, 9.17) is 5.73 Å². The standard InChI is InChI=1S/C12H13F3N2O2/c1-17(11(19)12(13,14)15)7-8-2-4-9(5-3-8)10(18)6-16/h2-5H,6-7,16H2,1H3. The average Bonchev–Trinajstić information content (AvgIpc) is 2.36. The van der Waals surface area contributed by atoms with E-state index in [-0.39, 0.29) is 18.9 Å². The van der Waals surface area contributed by atoms with Crippen LogP contribution in [-0.2, 0) is 11.3 Å². The van der Waals surface area contributed by atoms with Gasteiger partial charge in [-0.05, 0) is 5.56 Å². The van der Waals surface area contributed by atoms with E-state index >= 15 is 0 Å². The summed E-state index contributed by atoms with van der Waals surface area (Å²) in [5, 5.41) is 0. The van der Waals surface area contributed by atoms with Crippen molar-refractivity contribution in [2.24, 2.45) is 5.73 Å². The normalized spacial score (nSPS) is 11.2. The number of alkyl halides is 3. The zero-order chi connectivity index (χ0) is 14.6. The molecule has 0 bridgehead atoms. The molecule has 0 aromatic heterocycles. The largest absolute Gasteiger partial charge is 0.471 e. The van der Waals surface area contributed by atoms with Gasteiger partial charge in [0.15, 0.2) is 5.78 Å². The second-order valence-electron chi connectivity index (χ2n) is 3.98. The number of hydrogen-bond acceptors (Lipinski definition) is 3. The first kappa shape index (κ1) is 15.2. The summed E-state index contributed by atoms with van der Waals surface area (Å²) in [4.78, 5) is 22.7. The fraction of sp³-hybridized carbons (Fsp3) is 0.333. The van der Waals surface area contributed by atoms with Crippen molar-refractivity contribution < 1.29 is 22.8 Å². The first-order valence-corrected chi connectivity index (χ1v) is 5.40. The molecule has 0 saturated carbocycles. The van der Waals surface area contributed by atoms with Crippen molar-refractivity contribution in [1.29, 1.82) is 0 Å². The van der Waals surface area contributed by atoms with Gasteiger partial charge in [0, 0.05) is 19.2 Å². The molecule has 19 heavy (non-hydrogen) atoms. The van der Waals surface area contributed by atoms with Crippen LogP contribution < -0.4 is 5.73 Å². The van der Waals surface area contributed by atoms with E-state index in [1.54, 1.807) is 0 Å². The number of amides is 1. The quantitative estimate of drug-likeness (QED) is 0.843. The third-order valence-electron chi connectivity index (χ3n) is 2.47. The Bertz CT molecular complexity index is 469. The number of nitrogens with zero attached hydrogens (tertiary/aromatic N) is 1. The second-order valence-corrected chi connectivity index (χ2v) is 3.98.